The zero-order valence-electron chi connectivity index (χ0n) is 4.13. The number of rotatable bonds is 2. The van der Waals surface area contributed by atoms with E-state index in [4.69, 9.17) is 22.6 Å². The Morgan fingerprint density at radius 3 is 2.12 bits per heavy atom. The van der Waals surface area contributed by atoms with Gasteiger partial charge in [0.2, 0.25) is 0 Å². The molecule has 0 aromatic heterocycles. The van der Waals surface area contributed by atoms with Gasteiger partial charge in [-0.3, -0.25) is 5.41 Å². The third-order valence-electron chi connectivity index (χ3n) is 0.249. The average molecular weight is 152 g/mol. The van der Waals surface area contributed by atoms with Crippen LogP contribution in [0.2, 0.25) is 0 Å². The molecule has 0 saturated heterocycles. The highest BCUT2D eigenvalue weighted by atomic mass is 33.1. The lowest BCUT2D eigenvalue weighted by atomic mass is 11.2. The van der Waals surface area contributed by atoms with Crippen molar-refractivity contribution in [3.05, 3.63) is 0 Å². The maximum absolute atomic E-state index is 6.70. The first-order valence-electron chi connectivity index (χ1n) is 1.81. The van der Waals surface area contributed by atoms with Crippen molar-refractivity contribution in [1.82, 2.24) is 0 Å². The Labute approximate surface area is 55.5 Å². The molecule has 0 aliphatic heterocycles. The number of nitrogens with two attached hydrogens (primary N) is 3. The van der Waals surface area contributed by atoms with Gasteiger partial charge >= 0.3 is 0 Å². The summed E-state index contributed by atoms with van der Waals surface area (Å²) < 4.78 is 0. The van der Waals surface area contributed by atoms with Crippen molar-refractivity contribution in [2.45, 2.75) is 5.50 Å². The minimum Gasteiger partial charge on any atom is -0.378 e. The molecule has 4 nitrogen and oxygen atoms in total. The predicted molar refractivity (Wildman–Crippen MR) is 39.3 cm³/mol. The highest BCUT2D eigenvalue weighted by molar-refractivity contribution is 8.82. The Kier molecular flexibility index (Phi) is 4.06. The maximum atomic E-state index is 6.70. The molecule has 0 radical (unpaired) electrons. The fraction of sp³-hybridized carbons (Fsp3) is 0.500. The second kappa shape index (κ2) is 4.02. The molecule has 8 heavy (non-hydrogen) atoms. The first kappa shape index (κ1) is 8.09. The van der Waals surface area contributed by atoms with Crippen molar-refractivity contribution < 1.29 is 0 Å². The van der Waals surface area contributed by atoms with Crippen LogP contribution in [0.25, 0.3) is 0 Å². The van der Waals surface area contributed by atoms with Crippen LogP contribution in [0.1, 0.15) is 0 Å². The van der Waals surface area contributed by atoms with E-state index < -0.39 is 5.50 Å². The Morgan fingerprint density at radius 1 is 1.50 bits per heavy atom. The molecule has 0 aromatic carbocycles. The topological polar surface area (TPSA) is 102 Å². The van der Waals surface area contributed by atoms with Crippen LogP contribution in [0.15, 0.2) is 0 Å². The molecule has 0 unspecified atom stereocenters. The molecule has 0 aliphatic rings. The van der Waals surface area contributed by atoms with Gasteiger partial charge in [-0.15, -0.1) is 0 Å². The van der Waals surface area contributed by atoms with E-state index in [-0.39, 0.29) is 5.17 Å². The molecule has 6 heteroatoms. The summed E-state index contributed by atoms with van der Waals surface area (Å²) in [7, 11) is 2.23. The molecule has 0 aromatic rings. The highest BCUT2D eigenvalue weighted by Gasteiger charge is 1.95. The zero-order valence-corrected chi connectivity index (χ0v) is 5.76. The lowest BCUT2D eigenvalue weighted by Crippen LogP contribution is -2.25. The predicted octanol–water partition coefficient (Wildman–Crippen LogP) is -0.538. The monoisotopic (exact) mass is 152 g/mol. The molecular weight excluding hydrogens is 144 g/mol. The minimum absolute atomic E-state index is 0.0240. The molecule has 0 fully saturated rings. The quantitative estimate of drug-likeness (QED) is 0.184. The van der Waals surface area contributed by atoms with Crippen LogP contribution in [0.3, 0.4) is 0 Å². The van der Waals surface area contributed by atoms with Crippen LogP contribution < -0.4 is 17.2 Å². The summed E-state index contributed by atoms with van der Waals surface area (Å²) in [5, 5.41) is 6.72. The molecule has 48 valence electrons. The van der Waals surface area contributed by atoms with Crippen LogP contribution in [0, 0.1) is 5.41 Å². The van der Waals surface area contributed by atoms with Crippen LogP contribution in [0.4, 0.5) is 0 Å². The first-order chi connectivity index (χ1) is 3.63. The van der Waals surface area contributed by atoms with Gasteiger partial charge in [-0.1, -0.05) is 10.8 Å². The fourth-order valence-corrected chi connectivity index (χ4v) is 0.967. The first-order valence-corrected chi connectivity index (χ1v) is 4.02. The average Bonchev–Trinajstić information content (AvgIpc) is 1.61. The van der Waals surface area contributed by atoms with E-state index in [0.717, 1.165) is 21.6 Å². The van der Waals surface area contributed by atoms with Gasteiger partial charge in [0.1, 0.15) is 5.50 Å². The van der Waals surface area contributed by atoms with Gasteiger partial charge < -0.3 is 17.2 Å². The summed E-state index contributed by atoms with van der Waals surface area (Å²) in [6.45, 7) is 0. The number of hydrogen-bond acceptors (Lipinski definition) is 5. The molecule has 0 bridgehead atoms. The molecule has 0 atom stereocenters. The van der Waals surface area contributed by atoms with Crippen molar-refractivity contribution in [3.8, 4) is 0 Å². The molecule has 0 amide bonds. The SMILES string of the molecule is N=C(N)SSC(N)N. The van der Waals surface area contributed by atoms with Crippen molar-refractivity contribution in [3.63, 3.8) is 0 Å². The van der Waals surface area contributed by atoms with E-state index in [2.05, 4.69) is 0 Å². The molecule has 7 N–H and O–H groups in total. The highest BCUT2D eigenvalue weighted by Crippen LogP contribution is 2.19. The number of hydrogen-bond donors (Lipinski definition) is 4. The standard InChI is InChI=1S/C2H8N4S2/c3-1(4)7-8-2(5)6/h1H,3-4H2,(H3,5,6). The van der Waals surface area contributed by atoms with Crippen LogP contribution >= 0.6 is 21.6 Å². The number of nitrogens with one attached hydrogen (secondary N) is 1. The Balaban J connectivity index is 3.05. The smallest absolute Gasteiger partial charge is 0.162 e. The molecule has 0 aliphatic carbocycles. The molecule has 0 rings (SSSR count). The Hall–Kier alpha value is 0.0900. The molecule has 0 spiro atoms. The van der Waals surface area contributed by atoms with E-state index in [1.54, 1.807) is 0 Å². The second-order valence-electron chi connectivity index (χ2n) is 1.01. The van der Waals surface area contributed by atoms with Gasteiger partial charge in [-0.25, -0.2) is 0 Å². The largest absolute Gasteiger partial charge is 0.378 e. The molecular formula is C2H8N4S2. The normalized spacial score (nSPS) is 9.88. The number of amidine groups is 1. The summed E-state index contributed by atoms with van der Waals surface area (Å²) in [5.74, 6) is 0. The van der Waals surface area contributed by atoms with Gasteiger partial charge in [0.05, 0.1) is 0 Å². The van der Waals surface area contributed by atoms with E-state index in [1.165, 1.54) is 0 Å². The van der Waals surface area contributed by atoms with Crippen LogP contribution in [-0.2, 0) is 0 Å². The van der Waals surface area contributed by atoms with E-state index in [9.17, 15) is 0 Å². The summed E-state index contributed by atoms with van der Waals surface area (Å²) in [4.78, 5) is 0. The van der Waals surface area contributed by atoms with Gasteiger partial charge in [0, 0.05) is 0 Å². The molecule has 0 saturated carbocycles. The zero-order chi connectivity index (χ0) is 6.57. The second-order valence-corrected chi connectivity index (χ2v) is 3.43. The van der Waals surface area contributed by atoms with Gasteiger partial charge in [-0.05, 0) is 10.8 Å². The lowest BCUT2D eigenvalue weighted by molar-refractivity contribution is 0.997. The van der Waals surface area contributed by atoms with Gasteiger partial charge in [0.15, 0.2) is 5.17 Å². The van der Waals surface area contributed by atoms with Crippen molar-refractivity contribution in [2.24, 2.45) is 17.2 Å². The van der Waals surface area contributed by atoms with Gasteiger partial charge in [0.25, 0.3) is 0 Å². The lowest BCUT2D eigenvalue weighted by Gasteiger charge is -1.99. The van der Waals surface area contributed by atoms with Crippen molar-refractivity contribution in [1.29, 1.82) is 5.41 Å². The summed E-state index contributed by atoms with van der Waals surface area (Å²) in [5.41, 5.74) is 14.7. The summed E-state index contributed by atoms with van der Waals surface area (Å²) in [6.07, 6.45) is 0. The van der Waals surface area contributed by atoms with E-state index in [1.807, 2.05) is 0 Å². The fourth-order valence-electron chi connectivity index (χ4n) is 0.107. The van der Waals surface area contributed by atoms with E-state index in [0.29, 0.717) is 0 Å². The van der Waals surface area contributed by atoms with Crippen molar-refractivity contribution in [2.75, 3.05) is 0 Å². The van der Waals surface area contributed by atoms with Crippen LogP contribution in [0.5, 0.6) is 0 Å². The third kappa shape index (κ3) is 6.09. The summed E-state index contributed by atoms with van der Waals surface area (Å²) >= 11 is 0. The van der Waals surface area contributed by atoms with Crippen molar-refractivity contribution >= 4 is 26.8 Å². The molecule has 0 heterocycles. The Bertz CT molecular complexity index is 82.1. The maximum Gasteiger partial charge on any atom is 0.162 e. The Morgan fingerprint density at radius 2 is 2.00 bits per heavy atom. The third-order valence-corrected chi connectivity index (χ3v) is 2.24. The van der Waals surface area contributed by atoms with Crippen LogP contribution in [-0.4, -0.2) is 10.7 Å². The minimum atomic E-state index is -0.455. The van der Waals surface area contributed by atoms with E-state index >= 15 is 0 Å². The summed E-state index contributed by atoms with van der Waals surface area (Å²) in [6, 6.07) is 0. The van der Waals surface area contributed by atoms with Gasteiger partial charge in [-0.2, -0.15) is 0 Å².